The maximum absolute atomic E-state index is 4.50. The summed E-state index contributed by atoms with van der Waals surface area (Å²) in [5, 5.41) is 0. The lowest BCUT2D eigenvalue weighted by Gasteiger charge is -2.28. The predicted octanol–water partition coefficient (Wildman–Crippen LogP) is 10.5. The lowest BCUT2D eigenvalue weighted by molar-refractivity contribution is 0.540. The summed E-state index contributed by atoms with van der Waals surface area (Å²) in [4.78, 5) is 0. The van der Waals surface area contributed by atoms with Gasteiger partial charge in [0.1, 0.15) is 0 Å². The Labute approximate surface area is 195 Å². The van der Waals surface area contributed by atoms with Crippen molar-refractivity contribution >= 4 is 5.57 Å². The van der Waals surface area contributed by atoms with Gasteiger partial charge in [-0.1, -0.05) is 129 Å². The van der Waals surface area contributed by atoms with Crippen LogP contribution in [0.2, 0.25) is 0 Å². The fourth-order valence-corrected chi connectivity index (χ4v) is 3.58. The average Bonchev–Trinajstić information content (AvgIpc) is 2.67. The smallest absolute Gasteiger partial charge is 0.0155 e. The summed E-state index contributed by atoms with van der Waals surface area (Å²) in [6, 6.07) is 19.4. The van der Waals surface area contributed by atoms with Gasteiger partial charge in [0.05, 0.1) is 0 Å². The van der Waals surface area contributed by atoms with Gasteiger partial charge in [0.25, 0.3) is 0 Å². The van der Waals surface area contributed by atoms with E-state index < -0.39 is 0 Å². The molecule has 2 rings (SSSR count). The van der Waals surface area contributed by atoms with Crippen molar-refractivity contribution in [2.75, 3.05) is 0 Å². The molecule has 0 aromatic heterocycles. The maximum Gasteiger partial charge on any atom is 0.0155 e. The van der Waals surface area contributed by atoms with E-state index in [0.29, 0.717) is 11.8 Å². The molecule has 0 nitrogen and oxygen atoms in total. The SMILES string of the molecule is C.C.C.C.C=CC(CC(=C)CCC(C)C)C(C(=C)c1ccc(C)cc1)c1ccccc1. The zero-order valence-corrected chi connectivity index (χ0v) is 17.2. The highest BCUT2D eigenvalue weighted by molar-refractivity contribution is 5.70. The van der Waals surface area contributed by atoms with Gasteiger partial charge in [-0.25, -0.2) is 0 Å². The normalized spacial score (nSPS) is 11.5. The summed E-state index contributed by atoms with van der Waals surface area (Å²) in [7, 11) is 0. The molecule has 174 valence electrons. The van der Waals surface area contributed by atoms with Gasteiger partial charge < -0.3 is 0 Å². The van der Waals surface area contributed by atoms with Crippen LogP contribution in [0.15, 0.2) is 86.0 Å². The second kappa shape index (κ2) is 16.4. The molecule has 2 unspecified atom stereocenters. The molecule has 0 spiro atoms. The molecule has 2 aromatic rings. The Hall–Kier alpha value is -2.34. The van der Waals surface area contributed by atoms with Gasteiger partial charge >= 0.3 is 0 Å². The molecule has 2 atom stereocenters. The molecule has 0 aliphatic heterocycles. The summed E-state index contributed by atoms with van der Waals surface area (Å²) in [6.45, 7) is 19.7. The first-order valence-electron chi connectivity index (χ1n) is 10.0. The second-order valence-corrected chi connectivity index (χ2v) is 8.07. The summed E-state index contributed by atoms with van der Waals surface area (Å²) in [5.41, 5.74) is 6.23. The molecule has 0 bridgehead atoms. The third kappa shape index (κ3) is 10.0. The number of hydrogen-bond donors (Lipinski definition) is 0. The van der Waals surface area contributed by atoms with Crippen LogP contribution in [0, 0.1) is 18.8 Å². The molecule has 0 saturated heterocycles. The highest BCUT2D eigenvalue weighted by Crippen LogP contribution is 2.40. The molecule has 0 radical (unpaired) electrons. The Morgan fingerprint density at radius 2 is 1.42 bits per heavy atom. The standard InChI is InChI=1S/C27H34.4CH4/c1-7-24(19-22(5)14-13-20(2)3)27(26-11-9-8-10-12-26)23(6)25-17-15-21(4)16-18-25;;;;/h7-12,15-18,20,24,27H,1,5-6,13-14,19H2,2-4H3;4*1H4. The molecule has 0 amide bonds. The van der Waals surface area contributed by atoms with Gasteiger partial charge in [-0.05, 0) is 54.7 Å². The van der Waals surface area contributed by atoms with Crippen molar-refractivity contribution in [2.45, 2.75) is 75.7 Å². The Morgan fingerprint density at radius 3 is 1.90 bits per heavy atom. The van der Waals surface area contributed by atoms with E-state index >= 15 is 0 Å². The molecule has 0 aliphatic rings. The number of allylic oxidation sites excluding steroid dienone is 3. The number of rotatable bonds is 10. The van der Waals surface area contributed by atoms with Crippen LogP contribution in [0.1, 0.15) is 85.4 Å². The van der Waals surface area contributed by atoms with E-state index in [1.54, 1.807) is 0 Å². The number of hydrogen-bond acceptors (Lipinski definition) is 0. The molecular formula is C31H50. The molecule has 2 aromatic carbocycles. The van der Waals surface area contributed by atoms with E-state index in [0.717, 1.165) is 18.4 Å². The fourth-order valence-electron chi connectivity index (χ4n) is 3.58. The quantitative estimate of drug-likeness (QED) is 0.334. The van der Waals surface area contributed by atoms with Crippen molar-refractivity contribution in [3.05, 3.63) is 103 Å². The Balaban J connectivity index is -0.00000196. The third-order valence-electron chi connectivity index (χ3n) is 5.29. The van der Waals surface area contributed by atoms with Crippen molar-refractivity contribution in [1.82, 2.24) is 0 Å². The van der Waals surface area contributed by atoms with Crippen LogP contribution in [-0.4, -0.2) is 0 Å². The van der Waals surface area contributed by atoms with Crippen LogP contribution in [0.3, 0.4) is 0 Å². The molecule has 0 N–H and O–H groups in total. The maximum atomic E-state index is 4.50. The summed E-state index contributed by atoms with van der Waals surface area (Å²) < 4.78 is 0. The van der Waals surface area contributed by atoms with Gasteiger partial charge in [-0.15, -0.1) is 6.58 Å². The van der Waals surface area contributed by atoms with Gasteiger partial charge in [0, 0.05) is 5.92 Å². The summed E-state index contributed by atoms with van der Waals surface area (Å²) >= 11 is 0. The predicted molar refractivity (Wildman–Crippen MR) is 148 cm³/mol. The van der Waals surface area contributed by atoms with Crippen molar-refractivity contribution in [3.63, 3.8) is 0 Å². The topological polar surface area (TPSA) is 0 Å². The molecule has 0 aliphatic carbocycles. The van der Waals surface area contributed by atoms with Crippen molar-refractivity contribution < 1.29 is 0 Å². The molecular weight excluding hydrogens is 372 g/mol. The monoisotopic (exact) mass is 422 g/mol. The highest BCUT2D eigenvalue weighted by Gasteiger charge is 2.25. The van der Waals surface area contributed by atoms with E-state index in [-0.39, 0.29) is 35.6 Å². The summed E-state index contributed by atoms with van der Waals surface area (Å²) in [6.07, 6.45) is 5.33. The van der Waals surface area contributed by atoms with E-state index in [9.17, 15) is 0 Å². The van der Waals surface area contributed by atoms with Crippen LogP contribution < -0.4 is 0 Å². The molecule has 0 fully saturated rings. The van der Waals surface area contributed by atoms with E-state index in [2.05, 4.69) is 101 Å². The lowest BCUT2D eigenvalue weighted by Crippen LogP contribution is -2.14. The van der Waals surface area contributed by atoms with Gasteiger partial charge in [-0.2, -0.15) is 0 Å². The zero-order valence-electron chi connectivity index (χ0n) is 17.2. The average molecular weight is 423 g/mol. The van der Waals surface area contributed by atoms with Gasteiger partial charge in [0.15, 0.2) is 0 Å². The Bertz CT molecular complexity index is 746. The fraction of sp³-hybridized carbons (Fsp3) is 0.419. The second-order valence-electron chi connectivity index (χ2n) is 8.07. The minimum absolute atomic E-state index is 0. The van der Waals surface area contributed by atoms with Crippen LogP contribution >= 0.6 is 0 Å². The first-order chi connectivity index (χ1) is 12.9. The molecule has 0 saturated carbocycles. The van der Waals surface area contributed by atoms with Crippen molar-refractivity contribution in [1.29, 1.82) is 0 Å². The van der Waals surface area contributed by atoms with E-state index in [4.69, 9.17) is 0 Å². The van der Waals surface area contributed by atoms with Gasteiger partial charge in [-0.3, -0.25) is 0 Å². The van der Waals surface area contributed by atoms with Crippen LogP contribution in [-0.2, 0) is 0 Å². The molecule has 0 heterocycles. The lowest BCUT2D eigenvalue weighted by atomic mass is 9.75. The van der Waals surface area contributed by atoms with E-state index in [1.807, 2.05) is 0 Å². The number of benzene rings is 2. The molecule has 31 heavy (non-hydrogen) atoms. The van der Waals surface area contributed by atoms with Gasteiger partial charge in [0.2, 0.25) is 0 Å². The minimum Gasteiger partial charge on any atom is -0.103 e. The zero-order chi connectivity index (χ0) is 19.8. The molecule has 0 heteroatoms. The largest absolute Gasteiger partial charge is 0.103 e. The minimum atomic E-state index is 0. The van der Waals surface area contributed by atoms with Crippen LogP contribution in [0.5, 0.6) is 0 Å². The Kier molecular flexibility index (Phi) is 17.6. The van der Waals surface area contributed by atoms with Crippen molar-refractivity contribution in [3.8, 4) is 0 Å². The highest BCUT2D eigenvalue weighted by atomic mass is 14.3. The van der Waals surface area contributed by atoms with Crippen molar-refractivity contribution in [2.24, 2.45) is 11.8 Å². The summed E-state index contributed by atoms with van der Waals surface area (Å²) in [5.74, 6) is 1.21. The Morgan fingerprint density at radius 1 is 0.871 bits per heavy atom. The third-order valence-corrected chi connectivity index (χ3v) is 5.29. The van der Waals surface area contributed by atoms with Crippen LogP contribution in [0.4, 0.5) is 0 Å². The first kappa shape index (κ1) is 33.3. The number of aryl methyl sites for hydroxylation is 1. The first-order valence-corrected chi connectivity index (χ1v) is 10.0. The van der Waals surface area contributed by atoms with Crippen LogP contribution in [0.25, 0.3) is 5.57 Å². The van der Waals surface area contributed by atoms with E-state index in [1.165, 1.54) is 28.7 Å².